The van der Waals surface area contributed by atoms with Crippen LogP contribution in [0.4, 0.5) is 11.5 Å². The highest BCUT2D eigenvalue weighted by molar-refractivity contribution is 5.73. The molecule has 4 rings (SSSR count). The molecule has 1 aromatic rings. The molecule has 0 aromatic carbocycles. The third-order valence-electron chi connectivity index (χ3n) is 5.15. The van der Waals surface area contributed by atoms with Gasteiger partial charge in [-0.2, -0.15) is 5.10 Å². The zero-order valence-electron chi connectivity index (χ0n) is 11.3. The van der Waals surface area contributed by atoms with Crippen molar-refractivity contribution in [1.29, 1.82) is 0 Å². The first-order chi connectivity index (χ1) is 8.75. The maximum Gasteiger partial charge on any atom is 0.151 e. The Kier molecular flexibility index (Phi) is 2.17. The second kappa shape index (κ2) is 3.65. The van der Waals surface area contributed by atoms with E-state index in [4.69, 9.17) is 0 Å². The number of aromatic nitrogens is 2. The Bertz CT molecular complexity index is 478. The Hall–Kier alpha value is -1.19. The quantitative estimate of drug-likeness (QED) is 0.762. The summed E-state index contributed by atoms with van der Waals surface area (Å²) in [5, 5.41) is 8.21. The molecule has 0 radical (unpaired) electrons. The van der Waals surface area contributed by atoms with Gasteiger partial charge < -0.3 is 10.2 Å². The molecule has 98 valence electrons. The van der Waals surface area contributed by atoms with Crippen LogP contribution in [0.2, 0.25) is 0 Å². The van der Waals surface area contributed by atoms with Gasteiger partial charge in [0.2, 0.25) is 0 Å². The molecule has 0 spiro atoms. The van der Waals surface area contributed by atoms with E-state index in [-0.39, 0.29) is 0 Å². The first-order valence-corrected chi connectivity index (χ1v) is 7.31. The Balaban J connectivity index is 1.79. The highest BCUT2D eigenvalue weighted by Crippen LogP contribution is 2.46. The van der Waals surface area contributed by atoms with E-state index in [0.717, 1.165) is 24.2 Å². The van der Waals surface area contributed by atoms with Gasteiger partial charge in [-0.25, -0.2) is 0 Å². The molecular formula is C14H22N4. The molecule has 4 nitrogen and oxygen atoms in total. The summed E-state index contributed by atoms with van der Waals surface area (Å²) in [5.41, 5.74) is 2.42. The molecule has 3 unspecified atom stereocenters. The summed E-state index contributed by atoms with van der Waals surface area (Å²) in [6.07, 6.45) is 7.03. The van der Waals surface area contributed by atoms with Gasteiger partial charge in [0.25, 0.3) is 0 Å². The first-order valence-electron chi connectivity index (χ1n) is 7.31. The van der Waals surface area contributed by atoms with E-state index in [2.05, 4.69) is 34.0 Å². The van der Waals surface area contributed by atoms with Crippen LogP contribution in [0.5, 0.6) is 0 Å². The number of nitrogens with zero attached hydrogens (tertiary/aromatic N) is 3. The maximum absolute atomic E-state index is 4.60. The van der Waals surface area contributed by atoms with E-state index >= 15 is 0 Å². The summed E-state index contributed by atoms with van der Waals surface area (Å²) in [6, 6.07) is 1.47. The number of hydrogen-bond acceptors (Lipinski definition) is 3. The number of rotatable bonds is 0. The molecule has 1 saturated carbocycles. The van der Waals surface area contributed by atoms with Crippen LogP contribution in [0.3, 0.4) is 0 Å². The van der Waals surface area contributed by atoms with Gasteiger partial charge in [-0.1, -0.05) is 12.8 Å². The molecule has 4 heteroatoms. The Morgan fingerprint density at radius 1 is 1.28 bits per heavy atom. The van der Waals surface area contributed by atoms with E-state index in [9.17, 15) is 0 Å². The second-order valence-corrected chi connectivity index (χ2v) is 6.20. The van der Waals surface area contributed by atoms with Crippen LogP contribution in [0.25, 0.3) is 0 Å². The molecule has 2 aliphatic heterocycles. The Morgan fingerprint density at radius 3 is 3.00 bits per heavy atom. The average Bonchev–Trinajstić information content (AvgIpc) is 2.87. The molecule has 3 aliphatic rings. The smallest absolute Gasteiger partial charge is 0.151 e. The van der Waals surface area contributed by atoms with Gasteiger partial charge in [-0.15, -0.1) is 0 Å². The zero-order valence-corrected chi connectivity index (χ0v) is 11.3. The van der Waals surface area contributed by atoms with Crippen molar-refractivity contribution < 1.29 is 0 Å². The molecular weight excluding hydrogens is 224 g/mol. The molecule has 1 aliphatic carbocycles. The van der Waals surface area contributed by atoms with Crippen molar-refractivity contribution in [2.75, 3.05) is 16.8 Å². The minimum Gasteiger partial charge on any atom is -0.378 e. The van der Waals surface area contributed by atoms with Gasteiger partial charge >= 0.3 is 0 Å². The fourth-order valence-corrected chi connectivity index (χ4v) is 4.44. The SMILES string of the molecule is Cc1nn(C)c2c1NCC1CC3CCCCC3N21. The number of anilines is 2. The lowest BCUT2D eigenvalue weighted by molar-refractivity contribution is 0.340. The van der Waals surface area contributed by atoms with Crippen LogP contribution in [-0.4, -0.2) is 28.4 Å². The summed E-state index contributed by atoms with van der Waals surface area (Å²) in [7, 11) is 2.09. The normalized spacial score (nSPS) is 33.7. The van der Waals surface area contributed by atoms with Gasteiger partial charge in [0.05, 0.1) is 5.69 Å². The average molecular weight is 246 g/mol. The number of aryl methyl sites for hydroxylation is 2. The van der Waals surface area contributed by atoms with E-state index in [1.165, 1.54) is 43.6 Å². The Labute approximate surface area is 108 Å². The van der Waals surface area contributed by atoms with Gasteiger partial charge in [0, 0.05) is 25.7 Å². The van der Waals surface area contributed by atoms with E-state index in [1.807, 2.05) is 0 Å². The largest absolute Gasteiger partial charge is 0.378 e. The molecule has 0 bridgehead atoms. The molecule has 2 fully saturated rings. The van der Waals surface area contributed by atoms with Crippen LogP contribution < -0.4 is 10.2 Å². The summed E-state index contributed by atoms with van der Waals surface area (Å²) in [5.74, 6) is 2.27. The molecule has 1 saturated heterocycles. The molecule has 3 atom stereocenters. The van der Waals surface area contributed by atoms with Gasteiger partial charge in [0.15, 0.2) is 5.82 Å². The fourth-order valence-electron chi connectivity index (χ4n) is 4.44. The fraction of sp³-hybridized carbons (Fsp3) is 0.786. The van der Waals surface area contributed by atoms with Crippen molar-refractivity contribution in [3.63, 3.8) is 0 Å². The second-order valence-electron chi connectivity index (χ2n) is 6.20. The highest BCUT2D eigenvalue weighted by atomic mass is 15.4. The molecule has 1 aromatic heterocycles. The van der Waals surface area contributed by atoms with Crippen molar-refractivity contribution in [1.82, 2.24) is 9.78 Å². The highest BCUT2D eigenvalue weighted by Gasteiger charge is 2.45. The third-order valence-corrected chi connectivity index (χ3v) is 5.15. The van der Waals surface area contributed by atoms with E-state index in [0.29, 0.717) is 6.04 Å². The summed E-state index contributed by atoms with van der Waals surface area (Å²) in [4.78, 5) is 2.70. The van der Waals surface area contributed by atoms with Crippen molar-refractivity contribution in [2.45, 2.75) is 51.1 Å². The van der Waals surface area contributed by atoms with Gasteiger partial charge in [-0.05, 0) is 32.1 Å². The molecule has 18 heavy (non-hydrogen) atoms. The van der Waals surface area contributed by atoms with Gasteiger partial charge in [-0.3, -0.25) is 4.68 Å². The molecule has 0 amide bonds. The predicted molar refractivity (Wildman–Crippen MR) is 73.1 cm³/mol. The molecule has 1 N–H and O–H groups in total. The van der Waals surface area contributed by atoms with E-state index in [1.54, 1.807) is 0 Å². The van der Waals surface area contributed by atoms with Crippen LogP contribution >= 0.6 is 0 Å². The van der Waals surface area contributed by atoms with Crippen molar-refractivity contribution in [3.8, 4) is 0 Å². The predicted octanol–water partition coefficient (Wildman–Crippen LogP) is 2.29. The topological polar surface area (TPSA) is 33.1 Å². The maximum atomic E-state index is 4.60. The number of hydrogen-bond donors (Lipinski definition) is 1. The minimum absolute atomic E-state index is 0.695. The lowest BCUT2D eigenvalue weighted by Crippen LogP contribution is -2.45. The van der Waals surface area contributed by atoms with Gasteiger partial charge in [0.1, 0.15) is 5.69 Å². The Morgan fingerprint density at radius 2 is 2.11 bits per heavy atom. The first kappa shape index (κ1) is 10.7. The standard InChI is InChI=1S/C14H22N4/c1-9-13-14(17(2)16-9)18-11(8-15-13)7-10-5-3-4-6-12(10)18/h10-12,15H,3-8H2,1-2H3. The number of fused-ring (bicyclic) bond motifs is 5. The minimum atomic E-state index is 0.695. The monoisotopic (exact) mass is 246 g/mol. The third kappa shape index (κ3) is 1.29. The van der Waals surface area contributed by atoms with Crippen LogP contribution in [-0.2, 0) is 7.05 Å². The summed E-state index contributed by atoms with van der Waals surface area (Å²) in [6.45, 7) is 3.22. The van der Waals surface area contributed by atoms with Crippen LogP contribution in [0, 0.1) is 12.8 Å². The lowest BCUT2D eigenvalue weighted by atomic mass is 9.85. The summed E-state index contributed by atoms with van der Waals surface area (Å²) >= 11 is 0. The van der Waals surface area contributed by atoms with Crippen LogP contribution in [0.1, 0.15) is 37.8 Å². The van der Waals surface area contributed by atoms with Crippen molar-refractivity contribution >= 4 is 11.5 Å². The summed E-state index contributed by atoms with van der Waals surface area (Å²) < 4.78 is 2.08. The molecule has 3 heterocycles. The van der Waals surface area contributed by atoms with Crippen molar-refractivity contribution in [2.24, 2.45) is 13.0 Å². The zero-order chi connectivity index (χ0) is 12.3. The van der Waals surface area contributed by atoms with Crippen molar-refractivity contribution in [3.05, 3.63) is 5.69 Å². The lowest BCUT2D eigenvalue weighted by Gasteiger charge is -2.38. The van der Waals surface area contributed by atoms with Crippen LogP contribution in [0.15, 0.2) is 0 Å². The van der Waals surface area contributed by atoms with E-state index < -0.39 is 0 Å². The number of nitrogens with one attached hydrogen (secondary N) is 1.